The third-order valence-electron chi connectivity index (χ3n) is 5.89. The molecule has 0 aromatic heterocycles. The number of aryl methyl sites for hydroxylation is 1. The number of nitrogens with one attached hydrogen (secondary N) is 1. The first-order valence-corrected chi connectivity index (χ1v) is 9.31. The summed E-state index contributed by atoms with van der Waals surface area (Å²) in [7, 11) is 0. The van der Waals surface area contributed by atoms with Gasteiger partial charge in [-0.3, -0.25) is 4.79 Å². The van der Waals surface area contributed by atoms with E-state index in [9.17, 15) is 4.79 Å². The topological polar surface area (TPSA) is 29.1 Å². The lowest BCUT2D eigenvalue weighted by molar-refractivity contribution is -0.138. The largest absolute Gasteiger partial charge is 0.326 e. The smallest absolute Gasteiger partial charge is 0.230 e. The molecule has 4 aliphatic carbocycles. The van der Waals surface area contributed by atoms with Gasteiger partial charge in [-0.2, -0.15) is 0 Å². The van der Waals surface area contributed by atoms with Gasteiger partial charge in [0.1, 0.15) is 0 Å². The molecule has 0 spiro atoms. The molecule has 4 aliphatic rings. The highest BCUT2D eigenvalue weighted by molar-refractivity contribution is 9.10. The molecule has 0 aliphatic heterocycles. The third kappa shape index (κ3) is 2.41. The number of amides is 1. The van der Waals surface area contributed by atoms with E-state index in [1.807, 2.05) is 25.1 Å². The lowest BCUT2D eigenvalue weighted by atomic mass is 9.49. The van der Waals surface area contributed by atoms with Crippen LogP contribution < -0.4 is 5.32 Å². The van der Waals surface area contributed by atoms with Crippen LogP contribution in [0, 0.1) is 24.2 Å². The summed E-state index contributed by atoms with van der Waals surface area (Å²) in [6.07, 6.45) is 6.41. The summed E-state index contributed by atoms with van der Waals surface area (Å²) in [5.74, 6) is 1.49. The molecule has 0 heterocycles. The van der Waals surface area contributed by atoms with Crippen molar-refractivity contribution >= 4 is 39.1 Å². The van der Waals surface area contributed by atoms with Crippen LogP contribution in [-0.2, 0) is 4.79 Å². The van der Waals surface area contributed by atoms with Crippen LogP contribution in [0.3, 0.4) is 0 Å². The number of carbonyl (C=O) groups excluding carboxylic acids is 1. The fourth-order valence-electron chi connectivity index (χ4n) is 5.40. The van der Waals surface area contributed by atoms with Gasteiger partial charge in [0.05, 0.1) is 5.41 Å². The maximum Gasteiger partial charge on any atom is 0.230 e. The second kappa shape index (κ2) is 4.98. The normalized spacial score (nSPS) is 39.0. The van der Waals surface area contributed by atoms with Crippen LogP contribution in [-0.4, -0.2) is 10.8 Å². The summed E-state index contributed by atoms with van der Waals surface area (Å²) in [4.78, 5) is 12.9. The molecule has 2 atom stereocenters. The van der Waals surface area contributed by atoms with Gasteiger partial charge in [-0.1, -0.05) is 15.9 Å². The maximum absolute atomic E-state index is 13.0. The number of alkyl halides is 1. The summed E-state index contributed by atoms with van der Waals surface area (Å²) >= 11 is 10.3. The van der Waals surface area contributed by atoms with Crippen LogP contribution in [0.4, 0.5) is 5.69 Å². The Hall–Kier alpha value is -0.540. The molecule has 1 aromatic rings. The Morgan fingerprint density at radius 1 is 1.27 bits per heavy atom. The van der Waals surface area contributed by atoms with E-state index in [1.165, 1.54) is 6.42 Å². The zero-order chi connectivity index (χ0) is 15.5. The summed E-state index contributed by atoms with van der Waals surface area (Å²) in [5.41, 5.74) is 1.80. The second-order valence-electron chi connectivity index (χ2n) is 7.81. The fourth-order valence-corrected chi connectivity index (χ4v) is 6.34. The highest BCUT2D eigenvalue weighted by Gasteiger charge is 2.60. The molecular weight excluding hydrogens is 362 g/mol. The predicted molar refractivity (Wildman–Crippen MR) is 93.2 cm³/mol. The number of hydrogen-bond acceptors (Lipinski definition) is 1. The van der Waals surface area contributed by atoms with Crippen molar-refractivity contribution in [3.63, 3.8) is 0 Å². The van der Waals surface area contributed by atoms with E-state index in [-0.39, 0.29) is 16.2 Å². The van der Waals surface area contributed by atoms with Crippen molar-refractivity contribution < 1.29 is 4.79 Å². The second-order valence-corrected chi connectivity index (χ2v) is 9.47. The standard InChI is InChI=1S/C18H21BrClNO/c1-11-4-14(2-3-15(11)19)21-16(22)17-6-12-5-13(7-17)9-18(20,8-12)10-17/h2-4,12-13H,5-10H2,1H3,(H,21,22). The average molecular weight is 383 g/mol. The minimum absolute atomic E-state index is 0.114. The Morgan fingerprint density at radius 3 is 2.55 bits per heavy atom. The average Bonchev–Trinajstić information content (AvgIpc) is 2.40. The third-order valence-corrected chi connectivity index (χ3v) is 7.22. The molecule has 4 heteroatoms. The molecule has 4 fully saturated rings. The van der Waals surface area contributed by atoms with Crippen LogP contribution >= 0.6 is 27.5 Å². The van der Waals surface area contributed by atoms with Gasteiger partial charge in [-0.15, -0.1) is 11.6 Å². The molecular formula is C18H21BrClNO. The Labute approximate surface area is 145 Å². The van der Waals surface area contributed by atoms with Crippen LogP contribution in [0.25, 0.3) is 0 Å². The monoisotopic (exact) mass is 381 g/mol. The van der Waals surface area contributed by atoms with E-state index in [0.717, 1.165) is 47.8 Å². The summed E-state index contributed by atoms with van der Waals surface area (Å²) in [6.45, 7) is 2.04. The molecule has 5 rings (SSSR count). The Kier molecular flexibility index (Phi) is 3.40. The first-order valence-electron chi connectivity index (χ1n) is 8.14. The predicted octanol–water partition coefficient (Wildman–Crippen LogP) is 5.27. The number of carbonyl (C=O) groups is 1. The SMILES string of the molecule is Cc1cc(NC(=O)C23CC4CC(CC(Cl)(C4)C2)C3)ccc1Br. The molecule has 22 heavy (non-hydrogen) atoms. The van der Waals surface area contributed by atoms with E-state index in [2.05, 4.69) is 21.2 Å². The molecule has 0 saturated heterocycles. The van der Waals surface area contributed by atoms with Crippen molar-refractivity contribution in [2.24, 2.45) is 17.3 Å². The van der Waals surface area contributed by atoms with Crippen molar-refractivity contribution in [2.75, 3.05) is 5.32 Å². The molecule has 1 aromatic carbocycles. The van der Waals surface area contributed by atoms with E-state index < -0.39 is 0 Å². The molecule has 2 nitrogen and oxygen atoms in total. The zero-order valence-electron chi connectivity index (χ0n) is 12.8. The van der Waals surface area contributed by atoms with Crippen LogP contribution in [0.5, 0.6) is 0 Å². The van der Waals surface area contributed by atoms with Crippen molar-refractivity contribution in [1.82, 2.24) is 0 Å². The van der Waals surface area contributed by atoms with Gasteiger partial charge >= 0.3 is 0 Å². The van der Waals surface area contributed by atoms with Gasteiger partial charge in [0.25, 0.3) is 0 Å². The van der Waals surface area contributed by atoms with Gasteiger partial charge in [0.15, 0.2) is 0 Å². The number of anilines is 1. The van der Waals surface area contributed by atoms with E-state index >= 15 is 0 Å². The summed E-state index contributed by atoms with van der Waals surface area (Å²) in [5, 5.41) is 3.17. The first-order chi connectivity index (χ1) is 10.4. The van der Waals surface area contributed by atoms with E-state index in [1.54, 1.807) is 0 Å². The summed E-state index contributed by atoms with van der Waals surface area (Å²) < 4.78 is 1.07. The Morgan fingerprint density at radius 2 is 1.95 bits per heavy atom. The van der Waals surface area contributed by atoms with Gasteiger partial charge < -0.3 is 5.32 Å². The first kappa shape index (κ1) is 15.0. The molecule has 1 N–H and O–H groups in total. The highest BCUT2D eigenvalue weighted by atomic mass is 79.9. The highest BCUT2D eigenvalue weighted by Crippen LogP contribution is 2.64. The molecule has 1 amide bonds. The molecule has 2 unspecified atom stereocenters. The number of benzene rings is 1. The fraction of sp³-hybridized carbons (Fsp3) is 0.611. The van der Waals surface area contributed by atoms with Crippen LogP contribution in [0.15, 0.2) is 22.7 Å². The lowest BCUT2D eigenvalue weighted by Crippen LogP contribution is -2.57. The molecule has 4 saturated carbocycles. The van der Waals surface area contributed by atoms with Gasteiger partial charge in [-0.05, 0) is 81.0 Å². The van der Waals surface area contributed by atoms with E-state index in [0.29, 0.717) is 11.8 Å². The van der Waals surface area contributed by atoms with E-state index in [4.69, 9.17) is 11.6 Å². The van der Waals surface area contributed by atoms with Gasteiger partial charge in [-0.25, -0.2) is 0 Å². The van der Waals surface area contributed by atoms with Crippen molar-refractivity contribution in [2.45, 2.75) is 50.3 Å². The van der Waals surface area contributed by atoms with Crippen molar-refractivity contribution in [1.29, 1.82) is 0 Å². The molecule has 0 radical (unpaired) electrons. The van der Waals surface area contributed by atoms with Crippen LogP contribution in [0.2, 0.25) is 0 Å². The Balaban J connectivity index is 1.58. The minimum Gasteiger partial charge on any atom is -0.326 e. The summed E-state index contributed by atoms with van der Waals surface area (Å²) in [6, 6.07) is 5.98. The number of rotatable bonds is 2. The molecule has 118 valence electrons. The Bertz CT molecular complexity index is 630. The van der Waals surface area contributed by atoms with Crippen molar-refractivity contribution in [3.05, 3.63) is 28.2 Å². The zero-order valence-corrected chi connectivity index (χ0v) is 15.1. The minimum atomic E-state index is -0.229. The molecule has 4 bridgehead atoms. The van der Waals surface area contributed by atoms with Crippen molar-refractivity contribution in [3.8, 4) is 0 Å². The lowest BCUT2D eigenvalue weighted by Gasteiger charge is -2.59. The van der Waals surface area contributed by atoms with Crippen LogP contribution in [0.1, 0.15) is 44.1 Å². The maximum atomic E-state index is 13.0. The van der Waals surface area contributed by atoms with Gasteiger partial charge in [0.2, 0.25) is 5.91 Å². The number of halogens is 2. The van der Waals surface area contributed by atoms with Gasteiger partial charge in [0, 0.05) is 15.0 Å². The number of hydrogen-bond donors (Lipinski definition) is 1. The quantitative estimate of drug-likeness (QED) is 0.693.